The standard InChI is InChI=1S/C19H23N5O4/c25-16-4-3-15(17(26)23-16)24-10-12-2-1-11(7-14(12)18(24)27)8-21-19(28)22-13-5-6-20-9-13/h1-2,7,13,15,20H,3-6,8-10H2,(H2,21,22,28)(H,23,25,26). The van der Waals surface area contributed by atoms with Crippen LogP contribution in [-0.4, -0.2) is 53.8 Å². The summed E-state index contributed by atoms with van der Waals surface area (Å²) in [4.78, 5) is 49.7. The van der Waals surface area contributed by atoms with Gasteiger partial charge in [0, 0.05) is 37.7 Å². The number of hydrogen-bond donors (Lipinski definition) is 4. The zero-order valence-electron chi connectivity index (χ0n) is 15.4. The van der Waals surface area contributed by atoms with Crippen molar-refractivity contribution in [1.29, 1.82) is 0 Å². The van der Waals surface area contributed by atoms with Gasteiger partial charge in [0.2, 0.25) is 11.8 Å². The number of piperidine rings is 1. The first kappa shape index (κ1) is 18.4. The molecule has 2 atom stereocenters. The van der Waals surface area contributed by atoms with Crippen molar-refractivity contribution >= 4 is 23.8 Å². The highest BCUT2D eigenvalue weighted by Crippen LogP contribution is 2.28. The van der Waals surface area contributed by atoms with Crippen molar-refractivity contribution < 1.29 is 19.2 Å². The molecule has 3 aliphatic rings. The normalized spacial score (nSPS) is 24.1. The molecule has 9 heteroatoms. The van der Waals surface area contributed by atoms with Gasteiger partial charge in [-0.25, -0.2) is 4.79 Å². The van der Waals surface area contributed by atoms with Crippen LogP contribution in [0.25, 0.3) is 0 Å². The average molecular weight is 385 g/mol. The van der Waals surface area contributed by atoms with Gasteiger partial charge in [-0.1, -0.05) is 12.1 Å². The van der Waals surface area contributed by atoms with E-state index in [0.717, 1.165) is 30.6 Å². The van der Waals surface area contributed by atoms with Crippen molar-refractivity contribution in [2.45, 2.75) is 44.4 Å². The van der Waals surface area contributed by atoms with E-state index in [1.807, 2.05) is 12.1 Å². The second-order valence-corrected chi connectivity index (χ2v) is 7.41. The molecule has 148 valence electrons. The van der Waals surface area contributed by atoms with E-state index >= 15 is 0 Å². The van der Waals surface area contributed by atoms with Crippen molar-refractivity contribution in [2.24, 2.45) is 0 Å². The molecule has 4 rings (SSSR count). The number of carbonyl (C=O) groups excluding carboxylic acids is 4. The molecular formula is C19H23N5O4. The van der Waals surface area contributed by atoms with Crippen LogP contribution in [0.1, 0.15) is 40.7 Å². The van der Waals surface area contributed by atoms with Crippen molar-refractivity contribution in [1.82, 2.24) is 26.2 Å². The second-order valence-electron chi connectivity index (χ2n) is 7.41. The summed E-state index contributed by atoms with van der Waals surface area (Å²) in [6, 6.07) is 4.78. The Hall–Kier alpha value is -2.94. The number of urea groups is 1. The molecule has 3 aliphatic heterocycles. The Labute approximate surface area is 162 Å². The lowest BCUT2D eigenvalue weighted by Crippen LogP contribution is -2.52. The number of rotatable bonds is 4. The predicted octanol–water partition coefficient (Wildman–Crippen LogP) is -0.391. The van der Waals surface area contributed by atoms with Gasteiger partial charge in [-0.05, 0) is 36.6 Å². The van der Waals surface area contributed by atoms with E-state index in [2.05, 4.69) is 21.3 Å². The van der Waals surface area contributed by atoms with Gasteiger partial charge in [-0.2, -0.15) is 0 Å². The van der Waals surface area contributed by atoms with E-state index in [1.54, 1.807) is 6.07 Å². The third-order valence-electron chi connectivity index (χ3n) is 5.44. The molecule has 2 saturated heterocycles. The van der Waals surface area contributed by atoms with E-state index in [1.165, 1.54) is 4.90 Å². The van der Waals surface area contributed by atoms with Crippen LogP contribution in [0.15, 0.2) is 18.2 Å². The number of carbonyl (C=O) groups is 4. The van der Waals surface area contributed by atoms with Crippen LogP contribution in [-0.2, 0) is 22.7 Å². The number of imide groups is 1. The van der Waals surface area contributed by atoms with Gasteiger partial charge in [0.1, 0.15) is 6.04 Å². The Balaban J connectivity index is 1.38. The Morgan fingerprint density at radius 3 is 2.82 bits per heavy atom. The topological polar surface area (TPSA) is 120 Å². The van der Waals surface area contributed by atoms with Gasteiger partial charge in [-0.15, -0.1) is 0 Å². The van der Waals surface area contributed by atoms with Gasteiger partial charge in [-0.3, -0.25) is 19.7 Å². The molecule has 0 aromatic heterocycles. The van der Waals surface area contributed by atoms with E-state index in [-0.39, 0.29) is 30.3 Å². The lowest BCUT2D eigenvalue weighted by molar-refractivity contribution is -0.136. The average Bonchev–Trinajstić information content (AvgIpc) is 3.28. The third kappa shape index (κ3) is 3.70. The maximum atomic E-state index is 12.8. The minimum atomic E-state index is -0.620. The number of amides is 5. The van der Waals surface area contributed by atoms with Gasteiger partial charge >= 0.3 is 6.03 Å². The lowest BCUT2D eigenvalue weighted by atomic mass is 10.0. The summed E-state index contributed by atoms with van der Waals surface area (Å²) in [5.74, 6) is -0.935. The van der Waals surface area contributed by atoms with Crippen LogP contribution in [0.2, 0.25) is 0 Å². The van der Waals surface area contributed by atoms with Gasteiger partial charge < -0.3 is 20.9 Å². The highest BCUT2D eigenvalue weighted by molar-refractivity contribution is 6.05. The predicted molar refractivity (Wildman–Crippen MR) is 99.1 cm³/mol. The summed E-state index contributed by atoms with van der Waals surface area (Å²) in [6.45, 7) is 2.34. The first-order valence-electron chi connectivity index (χ1n) is 9.53. The van der Waals surface area contributed by atoms with E-state index in [9.17, 15) is 19.2 Å². The molecule has 4 N–H and O–H groups in total. The maximum absolute atomic E-state index is 12.8. The summed E-state index contributed by atoms with van der Waals surface area (Å²) in [5.41, 5.74) is 2.21. The fourth-order valence-electron chi connectivity index (χ4n) is 3.91. The fraction of sp³-hybridized carbons (Fsp3) is 0.474. The summed E-state index contributed by atoms with van der Waals surface area (Å²) < 4.78 is 0. The summed E-state index contributed by atoms with van der Waals surface area (Å²) in [7, 11) is 0. The van der Waals surface area contributed by atoms with Crippen LogP contribution in [0, 0.1) is 0 Å². The van der Waals surface area contributed by atoms with Crippen molar-refractivity contribution in [3.05, 3.63) is 34.9 Å². The summed E-state index contributed by atoms with van der Waals surface area (Å²) in [6.07, 6.45) is 1.49. The molecule has 2 unspecified atom stereocenters. The lowest BCUT2D eigenvalue weighted by Gasteiger charge is -2.29. The van der Waals surface area contributed by atoms with Crippen LogP contribution < -0.4 is 21.3 Å². The fourth-order valence-corrected chi connectivity index (χ4v) is 3.91. The zero-order valence-corrected chi connectivity index (χ0v) is 15.4. The number of nitrogens with one attached hydrogen (secondary N) is 4. The minimum absolute atomic E-state index is 0.142. The second kappa shape index (κ2) is 7.59. The third-order valence-corrected chi connectivity index (χ3v) is 5.44. The van der Waals surface area contributed by atoms with Crippen molar-refractivity contribution in [3.63, 3.8) is 0 Å². The molecule has 28 heavy (non-hydrogen) atoms. The molecule has 1 aromatic rings. The first-order chi connectivity index (χ1) is 13.5. The molecule has 0 bridgehead atoms. The molecule has 9 nitrogen and oxygen atoms in total. The molecule has 0 saturated carbocycles. The molecule has 0 spiro atoms. The monoisotopic (exact) mass is 385 g/mol. The highest BCUT2D eigenvalue weighted by Gasteiger charge is 2.39. The van der Waals surface area contributed by atoms with E-state index < -0.39 is 11.9 Å². The maximum Gasteiger partial charge on any atom is 0.315 e. The molecule has 0 aliphatic carbocycles. The van der Waals surface area contributed by atoms with Crippen LogP contribution in [0.5, 0.6) is 0 Å². The number of hydrogen-bond acceptors (Lipinski definition) is 5. The Kier molecular flexibility index (Phi) is 4.99. The first-order valence-corrected chi connectivity index (χ1v) is 9.53. The van der Waals surface area contributed by atoms with Crippen molar-refractivity contribution in [2.75, 3.05) is 13.1 Å². The van der Waals surface area contributed by atoms with Gasteiger partial charge in [0.15, 0.2) is 0 Å². The minimum Gasteiger partial charge on any atom is -0.334 e. The van der Waals surface area contributed by atoms with Gasteiger partial charge in [0.25, 0.3) is 5.91 Å². The Bertz CT molecular complexity index is 834. The number of benzene rings is 1. The number of fused-ring (bicyclic) bond motifs is 1. The highest BCUT2D eigenvalue weighted by atomic mass is 16.2. The van der Waals surface area contributed by atoms with Crippen LogP contribution in [0.4, 0.5) is 4.79 Å². The molecule has 1 aromatic carbocycles. The molecular weight excluding hydrogens is 362 g/mol. The van der Waals surface area contributed by atoms with Gasteiger partial charge in [0.05, 0.1) is 0 Å². The van der Waals surface area contributed by atoms with Crippen molar-refractivity contribution in [3.8, 4) is 0 Å². The zero-order chi connectivity index (χ0) is 19.7. The Morgan fingerprint density at radius 2 is 2.07 bits per heavy atom. The van der Waals surface area contributed by atoms with Crippen LogP contribution >= 0.6 is 0 Å². The molecule has 5 amide bonds. The molecule has 2 fully saturated rings. The quantitative estimate of drug-likeness (QED) is 0.526. The van der Waals surface area contributed by atoms with E-state index in [4.69, 9.17) is 0 Å². The summed E-state index contributed by atoms with van der Waals surface area (Å²) >= 11 is 0. The molecule has 3 heterocycles. The smallest absolute Gasteiger partial charge is 0.315 e. The Morgan fingerprint density at radius 1 is 1.21 bits per heavy atom. The summed E-state index contributed by atoms with van der Waals surface area (Å²) in [5, 5.41) is 11.2. The molecule has 0 radical (unpaired) electrons. The largest absolute Gasteiger partial charge is 0.334 e. The number of nitrogens with zero attached hydrogens (tertiary/aromatic N) is 1. The van der Waals surface area contributed by atoms with E-state index in [0.29, 0.717) is 25.1 Å². The SMILES string of the molecule is O=C1CCC(N2Cc3ccc(CNC(=O)NC4CCNC4)cc3C2=O)C(=O)N1. The van der Waals surface area contributed by atoms with Crippen LogP contribution in [0.3, 0.4) is 0 Å².